The number of amides is 1. The molecule has 6 nitrogen and oxygen atoms in total. The van der Waals surface area contributed by atoms with Gasteiger partial charge in [0.15, 0.2) is 0 Å². The smallest absolute Gasteiger partial charge is 0.233 e. The maximum Gasteiger partial charge on any atom is 0.233 e. The minimum atomic E-state index is 0.0840. The number of rotatable bonds is 3. The van der Waals surface area contributed by atoms with E-state index in [1.165, 1.54) is 0 Å². The van der Waals surface area contributed by atoms with E-state index in [-0.39, 0.29) is 18.1 Å². The van der Waals surface area contributed by atoms with E-state index in [1.54, 1.807) is 18.0 Å². The zero-order valence-electron chi connectivity index (χ0n) is 12.7. The molecule has 2 aliphatic heterocycles. The SMILES string of the molecule is O=C(CSc1ccccc1)N1CCC2OCc3cnnn3C2C1. The van der Waals surface area contributed by atoms with Crippen molar-refractivity contribution in [3.8, 4) is 0 Å². The third-order valence-electron chi connectivity index (χ3n) is 4.39. The number of carbonyl (C=O) groups excluding carboxylic acids is 1. The molecule has 2 aliphatic rings. The normalized spacial score (nSPS) is 23.2. The second-order valence-electron chi connectivity index (χ2n) is 5.82. The molecule has 2 atom stereocenters. The molecule has 0 bridgehead atoms. The van der Waals surface area contributed by atoms with Crippen molar-refractivity contribution in [1.29, 1.82) is 0 Å². The molecular weight excluding hydrogens is 312 g/mol. The number of hydrogen-bond donors (Lipinski definition) is 0. The summed E-state index contributed by atoms with van der Waals surface area (Å²) in [5.41, 5.74) is 0.985. The standard InChI is InChI=1S/C16H18N4O2S/c21-16(11-23-13-4-2-1-3-5-13)19-7-6-15-14(9-19)20-12(10-22-15)8-17-18-20/h1-5,8,14-15H,6-7,9-11H2. The first-order valence-corrected chi connectivity index (χ1v) is 8.76. The Balaban J connectivity index is 1.40. The fraction of sp³-hybridized carbons (Fsp3) is 0.438. The van der Waals surface area contributed by atoms with E-state index in [0.29, 0.717) is 18.9 Å². The summed E-state index contributed by atoms with van der Waals surface area (Å²) in [6.45, 7) is 1.96. The molecule has 0 spiro atoms. The van der Waals surface area contributed by atoms with Gasteiger partial charge in [0.2, 0.25) is 5.91 Å². The number of benzene rings is 1. The van der Waals surface area contributed by atoms with Crippen LogP contribution in [0.25, 0.3) is 0 Å². The molecule has 1 aromatic heterocycles. The Morgan fingerprint density at radius 1 is 1.35 bits per heavy atom. The Morgan fingerprint density at radius 2 is 2.22 bits per heavy atom. The number of thioether (sulfide) groups is 1. The summed E-state index contributed by atoms with van der Waals surface area (Å²) in [5.74, 6) is 0.636. The zero-order chi connectivity index (χ0) is 15.6. The van der Waals surface area contributed by atoms with Crippen LogP contribution in [0.1, 0.15) is 18.2 Å². The Labute approximate surface area is 138 Å². The molecule has 120 valence electrons. The molecule has 4 rings (SSSR count). The number of aromatic nitrogens is 3. The fourth-order valence-electron chi connectivity index (χ4n) is 3.16. The topological polar surface area (TPSA) is 60.3 Å². The van der Waals surface area contributed by atoms with Gasteiger partial charge in [0.05, 0.1) is 36.4 Å². The number of fused-ring (bicyclic) bond motifs is 3. The van der Waals surface area contributed by atoms with Crippen LogP contribution in [-0.2, 0) is 16.1 Å². The number of ether oxygens (including phenoxy) is 1. The van der Waals surface area contributed by atoms with Crippen molar-refractivity contribution in [3.63, 3.8) is 0 Å². The van der Waals surface area contributed by atoms with E-state index in [9.17, 15) is 4.79 Å². The highest BCUT2D eigenvalue weighted by molar-refractivity contribution is 8.00. The highest BCUT2D eigenvalue weighted by Crippen LogP contribution is 2.30. The first kappa shape index (κ1) is 14.7. The highest BCUT2D eigenvalue weighted by atomic mass is 32.2. The molecule has 1 aromatic carbocycles. The molecule has 0 radical (unpaired) electrons. The lowest BCUT2D eigenvalue weighted by molar-refractivity contribution is -0.135. The van der Waals surface area contributed by atoms with Gasteiger partial charge >= 0.3 is 0 Å². The second-order valence-corrected chi connectivity index (χ2v) is 6.87. The number of piperidine rings is 1. The van der Waals surface area contributed by atoms with Crippen LogP contribution in [0.2, 0.25) is 0 Å². The largest absolute Gasteiger partial charge is 0.370 e. The fourth-order valence-corrected chi connectivity index (χ4v) is 3.98. The maximum absolute atomic E-state index is 12.5. The van der Waals surface area contributed by atoms with Gasteiger partial charge in [-0.25, -0.2) is 4.68 Å². The summed E-state index contributed by atoms with van der Waals surface area (Å²) in [5, 5.41) is 8.14. The summed E-state index contributed by atoms with van der Waals surface area (Å²) in [7, 11) is 0. The first-order chi connectivity index (χ1) is 11.3. The van der Waals surface area contributed by atoms with Crippen LogP contribution in [0.4, 0.5) is 0 Å². The van der Waals surface area contributed by atoms with Crippen LogP contribution in [0, 0.1) is 0 Å². The van der Waals surface area contributed by atoms with Gasteiger partial charge in [-0.3, -0.25) is 4.79 Å². The van der Waals surface area contributed by atoms with Crippen molar-refractivity contribution in [1.82, 2.24) is 19.9 Å². The van der Waals surface area contributed by atoms with Crippen LogP contribution >= 0.6 is 11.8 Å². The first-order valence-electron chi connectivity index (χ1n) is 7.77. The molecule has 1 fully saturated rings. The van der Waals surface area contributed by atoms with Crippen molar-refractivity contribution < 1.29 is 9.53 Å². The molecular formula is C16H18N4O2S. The van der Waals surface area contributed by atoms with Gasteiger partial charge in [0, 0.05) is 18.0 Å². The van der Waals surface area contributed by atoms with E-state index in [4.69, 9.17) is 4.74 Å². The Morgan fingerprint density at radius 3 is 3.09 bits per heavy atom. The molecule has 2 aromatic rings. The van der Waals surface area contributed by atoms with Gasteiger partial charge in [-0.1, -0.05) is 23.4 Å². The predicted octanol–water partition coefficient (Wildman–Crippen LogP) is 1.74. The Kier molecular flexibility index (Phi) is 4.05. The highest BCUT2D eigenvalue weighted by Gasteiger charge is 2.37. The lowest BCUT2D eigenvalue weighted by atomic mass is 10.0. The third-order valence-corrected chi connectivity index (χ3v) is 5.38. The summed E-state index contributed by atoms with van der Waals surface area (Å²) < 4.78 is 7.81. The van der Waals surface area contributed by atoms with Gasteiger partial charge < -0.3 is 9.64 Å². The summed E-state index contributed by atoms with van der Waals surface area (Å²) in [4.78, 5) is 15.6. The summed E-state index contributed by atoms with van der Waals surface area (Å²) in [6, 6.07) is 10.1. The number of hydrogen-bond acceptors (Lipinski definition) is 5. The zero-order valence-corrected chi connectivity index (χ0v) is 13.5. The van der Waals surface area contributed by atoms with Gasteiger partial charge in [-0.05, 0) is 18.6 Å². The van der Waals surface area contributed by atoms with E-state index in [1.807, 2.05) is 39.9 Å². The molecule has 0 aliphatic carbocycles. The summed E-state index contributed by atoms with van der Waals surface area (Å²) in [6.07, 6.45) is 2.73. The van der Waals surface area contributed by atoms with Gasteiger partial charge in [0.1, 0.15) is 0 Å². The quantitative estimate of drug-likeness (QED) is 0.802. The molecule has 0 N–H and O–H groups in total. The number of likely N-dealkylation sites (tertiary alicyclic amines) is 1. The van der Waals surface area contributed by atoms with E-state index >= 15 is 0 Å². The minimum Gasteiger partial charge on any atom is -0.370 e. The minimum absolute atomic E-state index is 0.0840. The van der Waals surface area contributed by atoms with Crippen molar-refractivity contribution >= 4 is 17.7 Å². The second kappa shape index (κ2) is 6.33. The Hall–Kier alpha value is -1.86. The lowest BCUT2D eigenvalue weighted by Crippen LogP contribution is -2.50. The number of carbonyl (C=O) groups is 1. The molecule has 3 heterocycles. The van der Waals surface area contributed by atoms with Crippen LogP contribution < -0.4 is 0 Å². The van der Waals surface area contributed by atoms with Gasteiger partial charge in [0.25, 0.3) is 0 Å². The third kappa shape index (κ3) is 2.98. The monoisotopic (exact) mass is 330 g/mol. The molecule has 1 amide bonds. The molecule has 2 unspecified atom stereocenters. The maximum atomic E-state index is 12.5. The van der Waals surface area contributed by atoms with E-state index in [0.717, 1.165) is 23.6 Å². The van der Waals surface area contributed by atoms with Crippen molar-refractivity contribution in [3.05, 3.63) is 42.2 Å². The lowest BCUT2D eigenvalue weighted by Gasteiger charge is -2.41. The van der Waals surface area contributed by atoms with Gasteiger partial charge in [-0.2, -0.15) is 0 Å². The van der Waals surface area contributed by atoms with Crippen molar-refractivity contribution in [2.24, 2.45) is 0 Å². The van der Waals surface area contributed by atoms with E-state index < -0.39 is 0 Å². The molecule has 7 heteroatoms. The van der Waals surface area contributed by atoms with Crippen LogP contribution in [0.15, 0.2) is 41.4 Å². The molecule has 1 saturated heterocycles. The number of nitrogens with zero attached hydrogens (tertiary/aromatic N) is 4. The predicted molar refractivity (Wildman–Crippen MR) is 86.0 cm³/mol. The van der Waals surface area contributed by atoms with E-state index in [2.05, 4.69) is 10.3 Å². The molecule has 23 heavy (non-hydrogen) atoms. The van der Waals surface area contributed by atoms with Crippen LogP contribution in [-0.4, -0.2) is 50.7 Å². The Bertz CT molecular complexity index is 690. The average Bonchev–Trinajstić information content (AvgIpc) is 3.09. The van der Waals surface area contributed by atoms with Crippen LogP contribution in [0.5, 0.6) is 0 Å². The van der Waals surface area contributed by atoms with Crippen molar-refractivity contribution in [2.75, 3.05) is 18.8 Å². The van der Waals surface area contributed by atoms with Crippen LogP contribution in [0.3, 0.4) is 0 Å². The molecule has 0 saturated carbocycles. The summed E-state index contributed by atoms with van der Waals surface area (Å²) >= 11 is 1.58. The van der Waals surface area contributed by atoms with Crippen molar-refractivity contribution in [2.45, 2.75) is 30.1 Å². The average molecular weight is 330 g/mol. The van der Waals surface area contributed by atoms with Gasteiger partial charge in [-0.15, -0.1) is 16.9 Å².